The van der Waals surface area contributed by atoms with Crippen LogP contribution in [0.4, 0.5) is 5.69 Å². The number of fused-ring (bicyclic) bond motifs is 2. The molecule has 1 heterocycles. The smallest absolute Gasteiger partial charge is 0.264 e. The predicted octanol–water partition coefficient (Wildman–Crippen LogP) is 4.85. The quantitative estimate of drug-likeness (QED) is 0.481. The fourth-order valence-electron chi connectivity index (χ4n) is 4.30. The van der Waals surface area contributed by atoms with Gasteiger partial charge in [0.1, 0.15) is 0 Å². The van der Waals surface area contributed by atoms with Gasteiger partial charge in [-0.3, -0.25) is 9.59 Å². The largest absolute Gasteiger partial charge is 0.375 e. The summed E-state index contributed by atoms with van der Waals surface area (Å²) >= 11 is 0. The summed E-state index contributed by atoms with van der Waals surface area (Å²) in [6, 6.07) is 30.0. The van der Waals surface area contributed by atoms with Crippen LogP contribution in [0.1, 0.15) is 27.9 Å². The lowest BCUT2D eigenvalue weighted by molar-refractivity contribution is -0.136. The number of carbonyl (C=O) groups is 2. The van der Waals surface area contributed by atoms with Gasteiger partial charge in [-0.1, -0.05) is 84.9 Å². The molecule has 4 aromatic carbocycles. The second-order valence-corrected chi connectivity index (χ2v) is 7.92. The molecule has 0 spiro atoms. The molecule has 1 aliphatic heterocycles. The number of benzene rings is 4. The number of nitrogens with zero attached hydrogens (tertiary/aromatic N) is 1. The molecule has 0 aromatic heterocycles. The number of amides is 1. The van der Waals surface area contributed by atoms with E-state index in [0.29, 0.717) is 23.4 Å². The number of hydrogen-bond acceptors (Lipinski definition) is 3. The Morgan fingerprint density at radius 2 is 1.48 bits per heavy atom. The number of rotatable bonds is 5. The molecule has 152 valence electrons. The average Bonchev–Trinajstić information content (AvgIpc) is 3.01. The molecule has 4 aromatic rings. The first-order valence-corrected chi connectivity index (χ1v) is 10.3. The van der Waals surface area contributed by atoms with Crippen LogP contribution in [0.2, 0.25) is 0 Å². The molecule has 4 heteroatoms. The highest BCUT2D eigenvalue weighted by molar-refractivity contribution is 6.11. The van der Waals surface area contributed by atoms with Gasteiger partial charge < -0.3 is 10.0 Å². The van der Waals surface area contributed by atoms with E-state index in [1.54, 1.807) is 23.1 Å². The number of carbonyl (C=O) groups excluding carboxylic acids is 2. The number of aliphatic hydroxyl groups is 1. The molecule has 1 amide bonds. The molecule has 0 radical (unpaired) electrons. The summed E-state index contributed by atoms with van der Waals surface area (Å²) in [5.74, 6) is -0.732. The van der Waals surface area contributed by atoms with Gasteiger partial charge in [0.25, 0.3) is 5.91 Å². The third kappa shape index (κ3) is 3.31. The van der Waals surface area contributed by atoms with E-state index < -0.39 is 11.5 Å². The molecule has 0 aliphatic carbocycles. The molecule has 0 saturated carbocycles. The summed E-state index contributed by atoms with van der Waals surface area (Å²) < 4.78 is 0. The summed E-state index contributed by atoms with van der Waals surface area (Å²) in [6.07, 6.45) is -0.299. The maximum Gasteiger partial charge on any atom is 0.264 e. The number of Topliss-reactive ketones (excluding diaryl/α,β-unsaturated/α-hetero) is 1. The number of para-hydroxylation sites is 1. The Kier molecular flexibility index (Phi) is 4.64. The van der Waals surface area contributed by atoms with Crippen LogP contribution in [0.15, 0.2) is 97.1 Å². The normalized spacial score (nSPS) is 17.7. The maximum absolute atomic E-state index is 13.4. The zero-order valence-electron chi connectivity index (χ0n) is 16.9. The fraction of sp³-hybridized carbons (Fsp3) is 0.111. The van der Waals surface area contributed by atoms with E-state index in [2.05, 4.69) is 0 Å². The van der Waals surface area contributed by atoms with Gasteiger partial charge in [-0.05, 0) is 28.5 Å². The van der Waals surface area contributed by atoms with E-state index in [1.165, 1.54) is 0 Å². The molecule has 1 atom stereocenters. The first-order valence-electron chi connectivity index (χ1n) is 10.3. The first kappa shape index (κ1) is 19.2. The Labute approximate surface area is 180 Å². The predicted molar refractivity (Wildman–Crippen MR) is 121 cm³/mol. The Bertz CT molecular complexity index is 1300. The van der Waals surface area contributed by atoms with Gasteiger partial charge in [0, 0.05) is 11.1 Å². The van der Waals surface area contributed by atoms with Crippen molar-refractivity contribution < 1.29 is 14.7 Å². The second kappa shape index (κ2) is 7.49. The van der Waals surface area contributed by atoms with Crippen molar-refractivity contribution in [3.8, 4) is 0 Å². The van der Waals surface area contributed by atoms with Crippen molar-refractivity contribution in [2.45, 2.75) is 18.6 Å². The van der Waals surface area contributed by atoms with Gasteiger partial charge in [0.15, 0.2) is 11.4 Å². The monoisotopic (exact) mass is 407 g/mol. The Balaban J connectivity index is 1.48. The summed E-state index contributed by atoms with van der Waals surface area (Å²) in [4.78, 5) is 28.1. The standard InChI is InChI=1S/C27H21NO3/c29-25(22-15-14-20-10-4-5-11-21(20)16-22)17-27(31)23-12-6-7-13-24(23)28(26(27)30)18-19-8-2-1-3-9-19/h1-16,31H,17-18H2/t27-/m1/s1. The van der Waals surface area contributed by atoms with Crippen LogP contribution in [0, 0.1) is 0 Å². The van der Waals surface area contributed by atoms with Crippen molar-refractivity contribution in [1.29, 1.82) is 0 Å². The van der Waals surface area contributed by atoms with E-state index in [9.17, 15) is 14.7 Å². The van der Waals surface area contributed by atoms with Crippen LogP contribution >= 0.6 is 0 Å². The molecule has 1 N–H and O–H groups in total. The number of ketones is 1. The minimum Gasteiger partial charge on any atom is -0.375 e. The number of hydrogen-bond donors (Lipinski definition) is 1. The molecule has 1 aliphatic rings. The van der Waals surface area contributed by atoms with E-state index in [-0.39, 0.29) is 12.2 Å². The minimum absolute atomic E-state index is 0.266. The topological polar surface area (TPSA) is 57.6 Å². The summed E-state index contributed by atoms with van der Waals surface area (Å²) in [6.45, 7) is 0.336. The van der Waals surface area contributed by atoms with E-state index in [0.717, 1.165) is 16.3 Å². The molecular formula is C27H21NO3. The maximum atomic E-state index is 13.4. The van der Waals surface area contributed by atoms with Gasteiger partial charge in [-0.25, -0.2) is 0 Å². The molecule has 31 heavy (non-hydrogen) atoms. The Hall–Kier alpha value is -3.76. The van der Waals surface area contributed by atoms with Crippen molar-refractivity contribution in [2.24, 2.45) is 0 Å². The molecular weight excluding hydrogens is 386 g/mol. The lowest BCUT2D eigenvalue weighted by atomic mass is 9.88. The van der Waals surface area contributed by atoms with Crippen molar-refractivity contribution in [2.75, 3.05) is 4.90 Å². The molecule has 0 fully saturated rings. The lowest BCUT2D eigenvalue weighted by Crippen LogP contribution is -2.41. The molecule has 4 nitrogen and oxygen atoms in total. The first-order chi connectivity index (χ1) is 15.1. The third-order valence-electron chi connectivity index (χ3n) is 5.91. The highest BCUT2D eigenvalue weighted by Gasteiger charge is 2.50. The molecule has 0 saturated heterocycles. The third-order valence-corrected chi connectivity index (χ3v) is 5.91. The molecule has 5 rings (SSSR count). The van der Waals surface area contributed by atoms with Crippen LogP contribution in [-0.4, -0.2) is 16.8 Å². The highest BCUT2D eigenvalue weighted by Crippen LogP contribution is 2.43. The molecule has 0 bridgehead atoms. The van der Waals surface area contributed by atoms with Crippen LogP contribution < -0.4 is 4.90 Å². The van der Waals surface area contributed by atoms with Crippen LogP contribution in [0.5, 0.6) is 0 Å². The van der Waals surface area contributed by atoms with Gasteiger partial charge in [0.2, 0.25) is 0 Å². The van der Waals surface area contributed by atoms with Crippen LogP contribution in [0.25, 0.3) is 10.8 Å². The van der Waals surface area contributed by atoms with Gasteiger partial charge >= 0.3 is 0 Å². The zero-order chi connectivity index (χ0) is 21.4. The van der Waals surface area contributed by atoms with E-state index in [1.807, 2.05) is 78.9 Å². The second-order valence-electron chi connectivity index (χ2n) is 7.92. The lowest BCUT2D eigenvalue weighted by Gasteiger charge is -2.23. The van der Waals surface area contributed by atoms with Gasteiger partial charge in [-0.15, -0.1) is 0 Å². The minimum atomic E-state index is -1.88. The van der Waals surface area contributed by atoms with Crippen molar-refractivity contribution in [1.82, 2.24) is 0 Å². The SMILES string of the molecule is O=C(C[C@]1(O)C(=O)N(Cc2ccccc2)c2ccccc21)c1ccc2ccccc2c1. The van der Waals surface area contributed by atoms with Crippen molar-refractivity contribution in [3.05, 3.63) is 114 Å². The molecule has 0 unspecified atom stereocenters. The summed E-state index contributed by atoms with van der Waals surface area (Å²) in [5.41, 5.74) is 0.679. The summed E-state index contributed by atoms with van der Waals surface area (Å²) in [7, 11) is 0. The highest BCUT2D eigenvalue weighted by atomic mass is 16.3. The fourth-order valence-corrected chi connectivity index (χ4v) is 4.30. The average molecular weight is 407 g/mol. The van der Waals surface area contributed by atoms with Crippen molar-refractivity contribution >= 4 is 28.2 Å². The zero-order valence-corrected chi connectivity index (χ0v) is 16.9. The Morgan fingerprint density at radius 3 is 2.29 bits per heavy atom. The van der Waals surface area contributed by atoms with Crippen LogP contribution in [-0.2, 0) is 16.9 Å². The van der Waals surface area contributed by atoms with Gasteiger partial charge in [0.05, 0.1) is 18.7 Å². The van der Waals surface area contributed by atoms with E-state index in [4.69, 9.17) is 0 Å². The van der Waals surface area contributed by atoms with Crippen molar-refractivity contribution in [3.63, 3.8) is 0 Å². The van der Waals surface area contributed by atoms with Gasteiger partial charge in [-0.2, -0.15) is 0 Å². The number of anilines is 1. The summed E-state index contributed by atoms with van der Waals surface area (Å²) in [5, 5.41) is 13.5. The van der Waals surface area contributed by atoms with Crippen LogP contribution in [0.3, 0.4) is 0 Å². The Morgan fingerprint density at radius 1 is 0.806 bits per heavy atom. The van der Waals surface area contributed by atoms with E-state index >= 15 is 0 Å².